The molecular weight excluding hydrogens is 366 g/mol. The van der Waals surface area contributed by atoms with Crippen LogP contribution in [0.15, 0.2) is 77.7 Å². The highest BCUT2D eigenvalue weighted by Gasteiger charge is 2.09. The van der Waals surface area contributed by atoms with Gasteiger partial charge < -0.3 is 10.1 Å². The van der Waals surface area contributed by atoms with Crippen LogP contribution in [0.5, 0.6) is 5.75 Å². The molecule has 0 aliphatic heterocycles. The van der Waals surface area contributed by atoms with Crippen LogP contribution in [0, 0.1) is 0 Å². The first-order valence-corrected chi connectivity index (χ1v) is 9.68. The van der Waals surface area contributed by atoms with Crippen molar-refractivity contribution in [2.24, 2.45) is 0 Å². The minimum Gasteiger partial charge on any atom is -0.482 e. The van der Waals surface area contributed by atoms with E-state index >= 15 is 0 Å². The molecule has 0 bridgehead atoms. The highest BCUT2D eigenvalue weighted by atomic mass is 35.5. The van der Waals surface area contributed by atoms with Crippen LogP contribution in [0.2, 0.25) is 5.02 Å². The molecule has 5 heteroatoms. The number of anilines is 1. The fraction of sp³-hybridized carbons (Fsp3) is 0.0952. The maximum atomic E-state index is 12.2. The molecule has 132 valence electrons. The molecule has 0 aliphatic carbocycles. The second-order valence-corrected chi connectivity index (χ2v) is 6.80. The summed E-state index contributed by atoms with van der Waals surface area (Å²) >= 11 is 7.89. The first-order valence-electron chi connectivity index (χ1n) is 8.08. The molecule has 0 unspecified atom stereocenters. The molecule has 3 aromatic carbocycles. The van der Waals surface area contributed by atoms with Crippen LogP contribution >= 0.6 is 23.4 Å². The van der Waals surface area contributed by atoms with Crippen molar-refractivity contribution >= 4 is 35.0 Å². The number of halogens is 1. The van der Waals surface area contributed by atoms with Gasteiger partial charge in [-0.25, -0.2) is 0 Å². The minimum absolute atomic E-state index is 0.104. The summed E-state index contributed by atoms with van der Waals surface area (Å²) in [5.74, 6) is 0.259. The van der Waals surface area contributed by atoms with Crippen LogP contribution < -0.4 is 10.1 Å². The number of ether oxygens (including phenoxy) is 1. The maximum absolute atomic E-state index is 12.2. The zero-order chi connectivity index (χ0) is 18.4. The zero-order valence-corrected chi connectivity index (χ0v) is 15.8. The lowest BCUT2D eigenvalue weighted by Crippen LogP contribution is -2.20. The molecule has 3 nitrogen and oxygen atoms in total. The Balaban J connectivity index is 1.63. The predicted molar refractivity (Wildman–Crippen MR) is 109 cm³/mol. The molecule has 0 aromatic heterocycles. The largest absolute Gasteiger partial charge is 0.482 e. The van der Waals surface area contributed by atoms with Gasteiger partial charge in [0.1, 0.15) is 5.75 Å². The smallest absolute Gasteiger partial charge is 0.262 e. The van der Waals surface area contributed by atoms with E-state index in [1.54, 1.807) is 17.8 Å². The molecule has 3 rings (SSSR count). The number of benzene rings is 3. The lowest BCUT2D eigenvalue weighted by molar-refractivity contribution is -0.118. The molecule has 0 saturated carbocycles. The number of carbonyl (C=O) groups is 1. The fourth-order valence-corrected chi connectivity index (χ4v) is 3.29. The molecule has 26 heavy (non-hydrogen) atoms. The number of rotatable bonds is 6. The average molecular weight is 384 g/mol. The van der Waals surface area contributed by atoms with Crippen molar-refractivity contribution in [1.82, 2.24) is 0 Å². The van der Waals surface area contributed by atoms with Crippen molar-refractivity contribution < 1.29 is 9.53 Å². The Morgan fingerprint density at radius 2 is 1.73 bits per heavy atom. The van der Waals surface area contributed by atoms with Crippen molar-refractivity contribution in [2.75, 3.05) is 18.2 Å². The van der Waals surface area contributed by atoms with E-state index in [-0.39, 0.29) is 12.5 Å². The van der Waals surface area contributed by atoms with Gasteiger partial charge in [-0.1, -0.05) is 60.1 Å². The van der Waals surface area contributed by atoms with E-state index in [4.69, 9.17) is 16.3 Å². The highest BCUT2D eigenvalue weighted by Crippen LogP contribution is 2.30. The molecule has 0 spiro atoms. The monoisotopic (exact) mass is 383 g/mol. The molecule has 1 N–H and O–H groups in total. The molecule has 0 atom stereocenters. The highest BCUT2D eigenvalue weighted by molar-refractivity contribution is 7.98. The Morgan fingerprint density at radius 1 is 1.00 bits per heavy atom. The number of para-hydroxylation sites is 1. The summed E-state index contributed by atoms with van der Waals surface area (Å²) in [4.78, 5) is 13.2. The third-order valence-electron chi connectivity index (χ3n) is 3.78. The molecular formula is C21H18ClNO2S. The number of amides is 1. The zero-order valence-electron chi connectivity index (χ0n) is 14.2. The van der Waals surface area contributed by atoms with Gasteiger partial charge in [0.15, 0.2) is 6.61 Å². The van der Waals surface area contributed by atoms with Gasteiger partial charge in [-0.05, 0) is 41.6 Å². The van der Waals surface area contributed by atoms with Crippen LogP contribution in [0.3, 0.4) is 0 Å². The summed E-state index contributed by atoms with van der Waals surface area (Å²) in [5, 5.41) is 3.34. The third-order valence-corrected chi connectivity index (χ3v) is 4.87. The molecule has 3 aromatic rings. The van der Waals surface area contributed by atoms with Crippen LogP contribution in [0.1, 0.15) is 0 Å². The molecule has 1 amide bonds. The number of nitrogens with one attached hydrogen (secondary N) is 1. The summed E-state index contributed by atoms with van der Waals surface area (Å²) in [7, 11) is 0. The summed E-state index contributed by atoms with van der Waals surface area (Å²) in [6, 6.07) is 23.2. The van der Waals surface area contributed by atoms with E-state index in [0.29, 0.717) is 10.8 Å². The summed E-state index contributed by atoms with van der Waals surface area (Å²) in [5.41, 5.74) is 2.85. The minimum atomic E-state index is -0.227. The van der Waals surface area contributed by atoms with Gasteiger partial charge in [0, 0.05) is 4.90 Å². The summed E-state index contributed by atoms with van der Waals surface area (Å²) < 4.78 is 5.58. The molecule has 0 fully saturated rings. The van der Waals surface area contributed by atoms with E-state index in [1.807, 2.05) is 73.0 Å². The van der Waals surface area contributed by atoms with E-state index in [1.165, 1.54) is 0 Å². The number of hydrogen-bond donors (Lipinski definition) is 1. The lowest BCUT2D eigenvalue weighted by Gasteiger charge is -2.11. The standard InChI is InChI=1S/C21H18ClNO2S/c1-26-20-10-6-5-9-18(20)23-21(24)14-25-19-12-11-16(13-17(19)22)15-7-3-2-4-8-15/h2-13H,14H2,1H3,(H,23,24). The second-order valence-electron chi connectivity index (χ2n) is 5.55. The number of hydrogen-bond acceptors (Lipinski definition) is 3. The van der Waals surface area contributed by atoms with Crippen molar-refractivity contribution in [2.45, 2.75) is 4.90 Å². The van der Waals surface area contributed by atoms with Gasteiger partial charge in [0.25, 0.3) is 5.91 Å². The van der Waals surface area contributed by atoms with Gasteiger partial charge in [-0.2, -0.15) is 0 Å². The van der Waals surface area contributed by atoms with Crippen LogP contribution in [-0.4, -0.2) is 18.8 Å². The predicted octanol–water partition coefficient (Wildman–Crippen LogP) is 5.75. The van der Waals surface area contributed by atoms with Gasteiger partial charge in [-0.3, -0.25) is 4.79 Å². The fourth-order valence-electron chi connectivity index (χ4n) is 2.51. The van der Waals surface area contributed by atoms with E-state index in [2.05, 4.69) is 5.32 Å². The Hall–Kier alpha value is -2.43. The Morgan fingerprint density at radius 3 is 2.46 bits per heavy atom. The van der Waals surface area contributed by atoms with Crippen LogP contribution in [0.25, 0.3) is 11.1 Å². The van der Waals surface area contributed by atoms with Crippen LogP contribution in [-0.2, 0) is 4.79 Å². The van der Waals surface area contributed by atoms with E-state index in [9.17, 15) is 4.79 Å². The first kappa shape index (κ1) is 18.4. The van der Waals surface area contributed by atoms with E-state index in [0.717, 1.165) is 21.7 Å². The van der Waals surface area contributed by atoms with Crippen molar-refractivity contribution in [3.63, 3.8) is 0 Å². The van der Waals surface area contributed by atoms with Crippen LogP contribution in [0.4, 0.5) is 5.69 Å². The first-order chi connectivity index (χ1) is 12.7. The lowest BCUT2D eigenvalue weighted by atomic mass is 10.1. The Labute approximate surface area is 162 Å². The van der Waals surface area contributed by atoms with Gasteiger partial charge in [0.2, 0.25) is 0 Å². The van der Waals surface area contributed by atoms with Gasteiger partial charge in [0.05, 0.1) is 10.7 Å². The van der Waals surface area contributed by atoms with Crippen molar-refractivity contribution in [3.8, 4) is 16.9 Å². The quantitative estimate of drug-likeness (QED) is 0.551. The average Bonchev–Trinajstić information content (AvgIpc) is 2.68. The summed E-state index contributed by atoms with van der Waals surface area (Å²) in [6.45, 7) is -0.104. The topological polar surface area (TPSA) is 38.3 Å². The van der Waals surface area contributed by atoms with Crippen molar-refractivity contribution in [3.05, 3.63) is 77.8 Å². The molecule has 0 saturated heterocycles. The Kier molecular flexibility index (Phi) is 6.21. The molecule has 0 aliphatic rings. The Bertz CT molecular complexity index is 900. The third kappa shape index (κ3) is 4.59. The van der Waals surface area contributed by atoms with Gasteiger partial charge in [-0.15, -0.1) is 11.8 Å². The summed E-state index contributed by atoms with van der Waals surface area (Å²) in [6.07, 6.45) is 1.97. The normalized spacial score (nSPS) is 10.4. The SMILES string of the molecule is CSc1ccccc1NC(=O)COc1ccc(-c2ccccc2)cc1Cl. The van der Waals surface area contributed by atoms with Gasteiger partial charge >= 0.3 is 0 Å². The number of carbonyl (C=O) groups excluding carboxylic acids is 1. The molecule has 0 radical (unpaired) electrons. The number of thioether (sulfide) groups is 1. The maximum Gasteiger partial charge on any atom is 0.262 e. The van der Waals surface area contributed by atoms with E-state index < -0.39 is 0 Å². The second kappa shape index (κ2) is 8.79. The molecule has 0 heterocycles. The van der Waals surface area contributed by atoms with Crippen molar-refractivity contribution in [1.29, 1.82) is 0 Å².